The summed E-state index contributed by atoms with van der Waals surface area (Å²) < 4.78 is 0. The lowest BCUT2D eigenvalue weighted by atomic mass is 9.60. The van der Waals surface area contributed by atoms with E-state index in [-0.39, 0.29) is 6.42 Å². The van der Waals surface area contributed by atoms with Crippen LogP contribution in [-0.4, -0.2) is 66.5 Å². The second-order valence-corrected chi connectivity index (χ2v) is 4.78. The van der Waals surface area contributed by atoms with E-state index >= 15 is 0 Å². The maximum absolute atomic E-state index is 11.5. The summed E-state index contributed by atoms with van der Waals surface area (Å²) in [5, 5.41) is 54.0. The van der Waals surface area contributed by atoms with Crippen molar-refractivity contribution in [3.8, 4) is 0 Å². The van der Waals surface area contributed by atoms with Crippen molar-refractivity contribution in [3.05, 3.63) is 0 Å². The van der Waals surface area contributed by atoms with Crippen LogP contribution in [0.5, 0.6) is 0 Å². The van der Waals surface area contributed by atoms with Crippen molar-refractivity contribution in [3.63, 3.8) is 0 Å². The molecule has 0 aromatic carbocycles. The highest BCUT2D eigenvalue weighted by atomic mass is 16.4. The lowest BCUT2D eigenvalue weighted by molar-refractivity contribution is -0.203. The number of carbonyl (C=O) groups is 6. The highest BCUT2D eigenvalue weighted by Crippen LogP contribution is 2.46. The van der Waals surface area contributed by atoms with Gasteiger partial charge in [-0.15, -0.1) is 0 Å². The number of carboxylic acid groups (broad SMARTS) is 6. The molecule has 0 aromatic rings. The van der Waals surface area contributed by atoms with Crippen molar-refractivity contribution >= 4 is 35.8 Å². The predicted molar refractivity (Wildman–Crippen MR) is 69.1 cm³/mol. The van der Waals surface area contributed by atoms with Gasteiger partial charge in [-0.25, -0.2) is 0 Å². The van der Waals surface area contributed by atoms with Crippen LogP contribution in [0.3, 0.4) is 0 Å². The molecule has 0 bridgehead atoms. The van der Waals surface area contributed by atoms with Gasteiger partial charge in [0.05, 0.1) is 0 Å². The summed E-state index contributed by atoms with van der Waals surface area (Å²) in [7, 11) is 0. The van der Waals surface area contributed by atoms with Gasteiger partial charge in [-0.05, 0) is 12.8 Å². The van der Waals surface area contributed by atoms with Crippen LogP contribution >= 0.6 is 0 Å². The van der Waals surface area contributed by atoms with E-state index in [2.05, 4.69) is 0 Å². The van der Waals surface area contributed by atoms with Gasteiger partial charge in [-0.2, -0.15) is 0 Å². The molecule has 0 saturated heterocycles. The van der Waals surface area contributed by atoms with Crippen LogP contribution in [0.25, 0.3) is 0 Å². The molecule has 0 aliphatic rings. The Labute approximate surface area is 132 Å². The lowest BCUT2D eigenvalue weighted by Gasteiger charge is -2.35. The van der Waals surface area contributed by atoms with Gasteiger partial charge in [0.15, 0.2) is 0 Å². The van der Waals surface area contributed by atoms with E-state index in [1.807, 2.05) is 0 Å². The van der Waals surface area contributed by atoms with E-state index in [9.17, 15) is 39.0 Å². The summed E-state index contributed by atoms with van der Waals surface area (Å²) in [6.07, 6.45) is -2.60. The van der Waals surface area contributed by atoms with Crippen molar-refractivity contribution in [2.75, 3.05) is 0 Å². The van der Waals surface area contributed by atoms with Gasteiger partial charge in [-0.3, -0.25) is 28.8 Å². The molecule has 12 heteroatoms. The zero-order valence-electron chi connectivity index (χ0n) is 12.0. The maximum atomic E-state index is 11.5. The van der Waals surface area contributed by atoms with E-state index < -0.39 is 65.9 Å². The van der Waals surface area contributed by atoms with Gasteiger partial charge < -0.3 is 30.6 Å². The first kappa shape index (κ1) is 20.8. The first-order chi connectivity index (χ1) is 10.9. The van der Waals surface area contributed by atoms with Crippen LogP contribution in [-0.2, 0) is 28.8 Å². The fraction of sp³-hybridized carbons (Fsp3) is 0.500. The van der Waals surface area contributed by atoms with Crippen molar-refractivity contribution in [1.29, 1.82) is 0 Å². The third-order valence-electron chi connectivity index (χ3n) is 3.53. The summed E-state index contributed by atoms with van der Waals surface area (Å²) in [6.45, 7) is 0. The first-order valence-electron chi connectivity index (χ1n) is 6.27. The Morgan fingerprint density at radius 1 is 0.583 bits per heavy atom. The molecule has 0 amide bonds. The molecule has 0 aliphatic heterocycles. The van der Waals surface area contributed by atoms with Gasteiger partial charge in [0, 0.05) is 6.42 Å². The molecular weight excluding hydrogens is 336 g/mol. The number of rotatable bonds is 11. The highest BCUT2D eigenvalue weighted by Gasteiger charge is 2.76. The molecule has 0 saturated carbocycles. The molecule has 24 heavy (non-hydrogen) atoms. The third kappa shape index (κ3) is 3.11. The summed E-state index contributed by atoms with van der Waals surface area (Å²) in [5.41, 5.74) is -7.94. The largest absolute Gasteiger partial charge is 0.481 e. The Morgan fingerprint density at radius 3 is 1.21 bits per heavy atom. The summed E-state index contributed by atoms with van der Waals surface area (Å²) >= 11 is 0. The van der Waals surface area contributed by atoms with Gasteiger partial charge in [0.25, 0.3) is 5.41 Å². The minimum atomic E-state index is -4.20. The number of carboxylic acids is 6. The first-order valence-corrected chi connectivity index (χ1v) is 6.27. The second-order valence-electron chi connectivity index (χ2n) is 4.78. The van der Waals surface area contributed by atoms with Gasteiger partial charge in [-0.1, -0.05) is 6.42 Å². The average Bonchev–Trinajstić information content (AvgIpc) is 2.39. The summed E-state index contributed by atoms with van der Waals surface area (Å²) in [4.78, 5) is 67.3. The minimum Gasteiger partial charge on any atom is -0.481 e. The quantitative estimate of drug-likeness (QED) is 0.195. The fourth-order valence-electron chi connectivity index (χ4n) is 2.30. The maximum Gasteiger partial charge on any atom is 0.334 e. The lowest BCUT2D eigenvalue weighted by Crippen LogP contribution is -2.65. The Balaban J connectivity index is 6.35. The SMILES string of the molecule is O=C(O)CCCCC(C(=O)O)(C(=O)O)C(C(=O)O)(C(=O)O)C(=O)O. The number of hydrogen-bond donors (Lipinski definition) is 6. The molecule has 0 unspecified atom stereocenters. The summed E-state index contributed by atoms with van der Waals surface area (Å²) in [6, 6.07) is 0. The van der Waals surface area contributed by atoms with E-state index in [4.69, 9.17) is 20.4 Å². The Bertz CT molecular complexity index is 539. The minimum absolute atomic E-state index is 0.313. The Morgan fingerprint density at radius 2 is 0.958 bits per heavy atom. The Hall–Kier alpha value is -3.18. The molecule has 0 atom stereocenters. The third-order valence-corrected chi connectivity index (χ3v) is 3.53. The predicted octanol–water partition coefficient (Wildman–Crippen LogP) is -0.973. The molecule has 0 heterocycles. The van der Waals surface area contributed by atoms with E-state index in [0.29, 0.717) is 0 Å². The summed E-state index contributed by atoms with van der Waals surface area (Å²) in [5.74, 6) is -14.3. The Kier molecular flexibility index (Phi) is 6.41. The second kappa shape index (κ2) is 7.39. The molecule has 0 rings (SSSR count). The zero-order valence-corrected chi connectivity index (χ0v) is 12.0. The molecular formula is C12H14O12. The van der Waals surface area contributed by atoms with Crippen LogP contribution in [0.2, 0.25) is 0 Å². The van der Waals surface area contributed by atoms with Gasteiger partial charge in [0.1, 0.15) is 0 Å². The average molecular weight is 350 g/mol. The zero-order chi connectivity index (χ0) is 19.3. The molecule has 12 nitrogen and oxygen atoms in total. The monoisotopic (exact) mass is 350 g/mol. The number of aliphatic carboxylic acids is 6. The van der Waals surface area contributed by atoms with E-state index in [0.717, 1.165) is 0 Å². The molecule has 0 aromatic heterocycles. The van der Waals surface area contributed by atoms with Crippen molar-refractivity contribution < 1.29 is 59.4 Å². The van der Waals surface area contributed by atoms with Crippen molar-refractivity contribution in [2.45, 2.75) is 25.7 Å². The standard InChI is InChI=1S/C12H14O12/c13-5(14)3-1-2-4-11(6(15)16,7(17)18)12(8(19)20,9(21)22)10(23)24/h1-4H2,(H,13,14)(H,15,16)(H,17,18)(H,19,20)(H,21,22)(H,23,24). The van der Waals surface area contributed by atoms with Crippen LogP contribution in [0.1, 0.15) is 25.7 Å². The van der Waals surface area contributed by atoms with Crippen molar-refractivity contribution in [2.24, 2.45) is 10.8 Å². The van der Waals surface area contributed by atoms with Crippen LogP contribution in [0.4, 0.5) is 0 Å². The van der Waals surface area contributed by atoms with Crippen molar-refractivity contribution in [1.82, 2.24) is 0 Å². The van der Waals surface area contributed by atoms with E-state index in [1.54, 1.807) is 0 Å². The smallest absolute Gasteiger partial charge is 0.334 e. The highest BCUT2D eigenvalue weighted by molar-refractivity contribution is 6.24. The molecule has 0 aliphatic carbocycles. The van der Waals surface area contributed by atoms with E-state index in [1.165, 1.54) is 0 Å². The topological polar surface area (TPSA) is 224 Å². The molecule has 0 fully saturated rings. The van der Waals surface area contributed by atoms with Crippen LogP contribution in [0.15, 0.2) is 0 Å². The van der Waals surface area contributed by atoms with Crippen LogP contribution < -0.4 is 0 Å². The molecule has 6 N–H and O–H groups in total. The van der Waals surface area contributed by atoms with Gasteiger partial charge >= 0.3 is 35.8 Å². The van der Waals surface area contributed by atoms with Gasteiger partial charge in [0.2, 0.25) is 5.41 Å². The molecule has 0 radical (unpaired) electrons. The number of hydrogen-bond acceptors (Lipinski definition) is 6. The van der Waals surface area contributed by atoms with Crippen LogP contribution in [0, 0.1) is 10.8 Å². The molecule has 134 valence electrons. The fourth-order valence-corrected chi connectivity index (χ4v) is 2.30. The molecule has 0 spiro atoms. The number of unbranched alkanes of at least 4 members (excludes halogenated alkanes) is 1. The normalized spacial score (nSPS) is 11.5.